The van der Waals surface area contributed by atoms with Crippen molar-refractivity contribution in [1.29, 1.82) is 0 Å². The second-order valence-corrected chi connectivity index (χ2v) is 8.14. The average Bonchev–Trinajstić information content (AvgIpc) is 2.89. The summed E-state index contributed by atoms with van der Waals surface area (Å²) < 4.78 is 27.7. The molecular weight excluding hydrogens is 363 g/mol. The van der Waals surface area contributed by atoms with Crippen molar-refractivity contribution in [1.82, 2.24) is 9.62 Å². The highest BCUT2D eigenvalue weighted by atomic mass is 127. The molecular formula is C12H15IN2O2S. The van der Waals surface area contributed by atoms with E-state index in [1.54, 1.807) is 16.4 Å². The SMILES string of the molecule is O=S(=O)(c1ccc(I)cc1)N1C[C@H]2CNC[C@H]2C1. The fourth-order valence-electron chi connectivity index (χ4n) is 2.76. The first-order valence-corrected chi connectivity index (χ1v) is 8.56. The third kappa shape index (κ3) is 2.19. The molecule has 2 fully saturated rings. The molecule has 0 radical (unpaired) electrons. The van der Waals surface area contributed by atoms with E-state index < -0.39 is 10.0 Å². The van der Waals surface area contributed by atoms with Gasteiger partial charge in [-0.3, -0.25) is 0 Å². The Kier molecular flexibility index (Phi) is 3.38. The summed E-state index contributed by atoms with van der Waals surface area (Å²) in [5.74, 6) is 0.979. The number of hydrogen-bond acceptors (Lipinski definition) is 3. The van der Waals surface area contributed by atoms with Crippen LogP contribution >= 0.6 is 22.6 Å². The number of benzene rings is 1. The van der Waals surface area contributed by atoms with Gasteiger partial charge in [0.05, 0.1) is 4.90 Å². The minimum absolute atomic E-state index is 0.413. The molecule has 2 atom stereocenters. The summed E-state index contributed by atoms with van der Waals surface area (Å²) in [4.78, 5) is 0.413. The standard InChI is InChI=1S/C12H15IN2O2S/c13-11-1-3-12(4-2-11)18(16,17)15-7-9-5-14-6-10(9)8-15/h1-4,9-10,14H,5-8H2/t9-,10+. The maximum absolute atomic E-state index is 12.5. The lowest BCUT2D eigenvalue weighted by molar-refractivity contribution is 0.448. The van der Waals surface area contributed by atoms with Gasteiger partial charge in [0, 0.05) is 16.7 Å². The molecule has 2 aliphatic rings. The molecule has 1 aromatic rings. The van der Waals surface area contributed by atoms with Crippen molar-refractivity contribution in [2.45, 2.75) is 4.90 Å². The van der Waals surface area contributed by atoms with E-state index in [4.69, 9.17) is 0 Å². The van der Waals surface area contributed by atoms with Crippen LogP contribution in [0.3, 0.4) is 0 Å². The van der Waals surface area contributed by atoms with Gasteiger partial charge in [-0.15, -0.1) is 0 Å². The van der Waals surface area contributed by atoms with Crippen molar-refractivity contribution < 1.29 is 8.42 Å². The summed E-state index contributed by atoms with van der Waals surface area (Å²) in [6.07, 6.45) is 0. The second-order valence-electron chi connectivity index (χ2n) is 4.95. The van der Waals surface area contributed by atoms with Crippen LogP contribution in [0.15, 0.2) is 29.2 Å². The summed E-state index contributed by atoms with van der Waals surface area (Å²) in [7, 11) is -3.30. The maximum Gasteiger partial charge on any atom is 0.243 e. The molecule has 0 amide bonds. The summed E-state index contributed by atoms with van der Waals surface area (Å²) in [6, 6.07) is 7.07. The van der Waals surface area contributed by atoms with E-state index in [0.29, 0.717) is 29.8 Å². The van der Waals surface area contributed by atoms with Crippen LogP contribution in [0.25, 0.3) is 0 Å². The second kappa shape index (κ2) is 4.73. The first-order valence-electron chi connectivity index (χ1n) is 6.04. The van der Waals surface area contributed by atoms with Crippen molar-refractivity contribution in [2.75, 3.05) is 26.2 Å². The molecule has 98 valence electrons. The minimum atomic E-state index is -3.30. The Morgan fingerprint density at radius 1 is 1.11 bits per heavy atom. The molecule has 18 heavy (non-hydrogen) atoms. The Morgan fingerprint density at radius 3 is 2.22 bits per heavy atom. The van der Waals surface area contributed by atoms with Gasteiger partial charge in [-0.2, -0.15) is 4.31 Å². The molecule has 2 heterocycles. The van der Waals surface area contributed by atoms with E-state index in [2.05, 4.69) is 27.9 Å². The third-order valence-electron chi connectivity index (χ3n) is 3.81. The van der Waals surface area contributed by atoms with Crippen LogP contribution in [0, 0.1) is 15.4 Å². The zero-order valence-corrected chi connectivity index (χ0v) is 12.8. The van der Waals surface area contributed by atoms with Gasteiger partial charge in [-0.1, -0.05) is 0 Å². The Hall–Kier alpha value is -0.180. The summed E-state index contributed by atoms with van der Waals surface area (Å²) in [5.41, 5.74) is 0. The summed E-state index contributed by atoms with van der Waals surface area (Å²) >= 11 is 2.18. The fourth-order valence-corrected chi connectivity index (χ4v) is 4.68. The Morgan fingerprint density at radius 2 is 1.67 bits per heavy atom. The lowest BCUT2D eigenvalue weighted by Gasteiger charge is -2.17. The zero-order valence-electron chi connectivity index (χ0n) is 9.84. The Labute approximate surface area is 121 Å². The predicted octanol–water partition coefficient (Wildman–Crippen LogP) is 1.13. The van der Waals surface area contributed by atoms with Crippen LogP contribution in [0.4, 0.5) is 0 Å². The van der Waals surface area contributed by atoms with Crippen LogP contribution in [-0.2, 0) is 10.0 Å². The highest BCUT2D eigenvalue weighted by Gasteiger charge is 2.41. The fraction of sp³-hybridized carbons (Fsp3) is 0.500. The Balaban J connectivity index is 1.85. The van der Waals surface area contributed by atoms with E-state index in [1.165, 1.54) is 0 Å². The van der Waals surface area contributed by atoms with Crippen molar-refractivity contribution in [2.24, 2.45) is 11.8 Å². The van der Waals surface area contributed by atoms with Crippen molar-refractivity contribution in [3.63, 3.8) is 0 Å². The molecule has 0 unspecified atom stereocenters. The molecule has 0 bridgehead atoms. The first-order chi connectivity index (χ1) is 8.57. The minimum Gasteiger partial charge on any atom is -0.316 e. The predicted molar refractivity (Wildman–Crippen MR) is 77.8 cm³/mol. The number of fused-ring (bicyclic) bond motifs is 1. The number of nitrogens with one attached hydrogen (secondary N) is 1. The lowest BCUT2D eigenvalue weighted by Crippen LogP contribution is -2.31. The van der Waals surface area contributed by atoms with E-state index in [0.717, 1.165) is 16.7 Å². The Bertz CT molecular complexity index is 532. The van der Waals surface area contributed by atoms with Gasteiger partial charge in [-0.05, 0) is 71.8 Å². The molecule has 0 saturated carbocycles. The smallest absolute Gasteiger partial charge is 0.243 e. The number of halogens is 1. The molecule has 6 heteroatoms. The quantitative estimate of drug-likeness (QED) is 0.786. The molecule has 2 aliphatic heterocycles. The van der Waals surface area contributed by atoms with Gasteiger partial charge in [0.2, 0.25) is 10.0 Å². The van der Waals surface area contributed by atoms with Gasteiger partial charge in [-0.25, -0.2) is 8.42 Å². The first kappa shape index (κ1) is 12.8. The van der Waals surface area contributed by atoms with Gasteiger partial charge >= 0.3 is 0 Å². The summed E-state index contributed by atoms with van der Waals surface area (Å²) in [6.45, 7) is 3.21. The molecule has 0 aliphatic carbocycles. The van der Waals surface area contributed by atoms with Crippen molar-refractivity contribution in [3.8, 4) is 0 Å². The van der Waals surface area contributed by atoms with Crippen molar-refractivity contribution in [3.05, 3.63) is 27.8 Å². The highest BCUT2D eigenvalue weighted by Crippen LogP contribution is 2.30. The molecule has 1 aromatic carbocycles. The summed E-state index contributed by atoms with van der Waals surface area (Å²) in [5, 5.41) is 3.32. The number of sulfonamides is 1. The number of hydrogen-bond donors (Lipinski definition) is 1. The number of rotatable bonds is 2. The van der Waals surface area contributed by atoms with Crippen LogP contribution < -0.4 is 5.32 Å². The van der Waals surface area contributed by atoms with E-state index in [-0.39, 0.29) is 0 Å². The van der Waals surface area contributed by atoms with Crippen molar-refractivity contribution >= 4 is 32.6 Å². The molecule has 0 spiro atoms. The van der Waals surface area contributed by atoms with E-state index >= 15 is 0 Å². The monoisotopic (exact) mass is 378 g/mol. The van der Waals surface area contributed by atoms with Crippen LogP contribution in [0.1, 0.15) is 0 Å². The topological polar surface area (TPSA) is 49.4 Å². The van der Waals surface area contributed by atoms with Gasteiger partial charge < -0.3 is 5.32 Å². The molecule has 0 aromatic heterocycles. The third-order valence-corrected chi connectivity index (χ3v) is 6.37. The largest absolute Gasteiger partial charge is 0.316 e. The molecule has 3 rings (SSSR count). The van der Waals surface area contributed by atoms with Crippen LogP contribution in [-0.4, -0.2) is 38.9 Å². The lowest BCUT2D eigenvalue weighted by atomic mass is 10.0. The van der Waals surface area contributed by atoms with Gasteiger partial charge in [0.25, 0.3) is 0 Å². The average molecular weight is 378 g/mol. The molecule has 1 N–H and O–H groups in total. The van der Waals surface area contributed by atoms with Crippen LogP contribution in [0.2, 0.25) is 0 Å². The zero-order chi connectivity index (χ0) is 12.8. The highest BCUT2D eigenvalue weighted by molar-refractivity contribution is 14.1. The van der Waals surface area contributed by atoms with Gasteiger partial charge in [0.1, 0.15) is 0 Å². The molecule has 4 nitrogen and oxygen atoms in total. The van der Waals surface area contributed by atoms with E-state index in [1.807, 2.05) is 12.1 Å². The van der Waals surface area contributed by atoms with Gasteiger partial charge in [0.15, 0.2) is 0 Å². The molecule has 2 saturated heterocycles. The van der Waals surface area contributed by atoms with E-state index in [9.17, 15) is 8.42 Å². The number of nitrogens with zero attached hydrogens (tertiary/aromatic N) is 1. The maximum atomic E-state index is 12.5. The normalized spacial score (nSPS) is 28.5. The van der Waals surface area contributed by atoms with Crippen LogP contribution in [0.5, 0.6) is 0 Å².